The molecule has 0 atom stereocenters. The van der Waals surface area contributed by atoms with E-state index in [9.17, 15) is 5.26 Å². The van der Waals surface area contributed by atoms with Crippen LogP contribution in [0.15, 0.2) is 473 Å². The molecule has 6 nitrogen and oxygen atoms in total. The van der Waals surface area contributed by atoms with Gasteiger partial charge in [-0.2, -0.15) is 5.26 Å². The Morgan fingerprint density at radius 2 is 0.453 bits per heavy atom. The zero-order valence-corrected chi connectivity index (χ0v) is 74.9. The van der Waals surface area contributed by atoms with Crippen LogP contribution in [0.2, 0.25) is 0 Å². The molecule has 0 aliphatic heterocycles. The van der Waals surface area contributed by atoms with E-state index in [1.807, 2.05) is 53.8 Å². The van der Waals surface area contributed by atoms with E-state index in [4.69, 9.17) is 15.0 Å². The Balaban J connectivity index is 0.553. The van der Waals surface area contributed by atoms with E-state index in [0.29, 0.717) is 23.0 Å². The van der Waals surface area contributed by atoms with Crippen LogP contribution in [-0.4, -0.2) is 24.1 Å². The van der Waals surface area contributed by atoms with Gasteiger partial charge in [-0.05, 0) is 304 Å². The first-order chi connectivity index (χ1) is 67.8. The fourth-order valence-electron chi connectivity index (χ4n) is 21.5. The standard InChI is InChI=1S/C130H78N6S/c131-79-80-49-59-102(60-50-80)135-121-46-15-12-43-113(121)118-75-94(57-63-123(118)135)95-58-64-124-119(76-95)114-44-13-16-47-122(114)136(124)125-78-101(77-120-115-45-14-17-48-126(115)137-127(120)125)82-53-51-81(52-54-82)98-70-99(72-100(71-98)91-32-20-28-87(67-91)93-56-62-112-108-40-7-5-36-104(108)106-38-9-11-42-110(106)117(112)74-93)90-31-19-26-85(66-90)89-30-22-34-97(69-89)130-133-128(83-23-2-1-3-24-83)132-129(134-130)96-33-21-29-88(68-96)84-25-18-27-86(65-84)92-55-61-111-107-39-6-4-35-103(107)105-37-8-10-41-109(105)116(111)73-92/h1-78H. The Morgan fingerprint density at radius 3 is 0.891 bits per heavy atom. The van der Waals surface area contributed by atoms with Gasteiger partial charge in [0.05, 0.1) is 44.1 Å². The van der Waals surface area contributed by atoms with Crippen molar-refractivity contribution in [2.24, 2.45) is 0 Å². The first kappa shape index (κ1) is 78.8. The summed E-state index contributed by atoms with van der Waals surface area (Å²) in [6.07, 6.45) is 0. The SMILES string of the molecule is N#Cc1ccc(-n2c3ccccc3c3cc(-c4ccc5c(c4)c4ccccc4n5-c4cc(-c5ccc(-c6cc(-c7cccc(-c8cccc(-c9nc(-c%10ccccc%10)nc(-c%10cccc(-c%11cccc(-c%12ccc%13c%14ccccc%14c%14ccccc%14c%13c%12)c%11)c%10)n9)c8)c7)cc(-c7cccc(-c8ccc9c%10ccccc%10c%10ccccc%10c9c8)c7)c6)cc5)cc5c4sc4ccccc45)ccc32)cc1. The molecule has 0 bridgehead atoms. The number of benzene rings is 23. The predicted molar refractivity (Wildman–Crippen MR) is 576 cm³/mol. The third-order valence-electron chi connectivity index (χ3n) is 28.1. The molecule has 23 aromatic carbocycles. The molecular formula is C130H78N6S. The van der Waals surface area contributed by atoms with E-state index in [1.54, 1.807) is 0 Å². The largest absolute Gasteiger partial charge is 0.309 e. The number of para-hydroxylation sites is 2. The number of nitrogens with zero attached hydrogens (tertiary/aromatic N) is 6. The van der Waals surface area contributed by atoms with E-state index in [1.165, 1.54) is 106 Å². The van der Waals surface area contributed by atoms with Gasteiger partial charge >= 0.3 is 0 Å². The molecule has 0 aliphatic carbocycles. The molecule has 4 aromatic heterocycles. The van der Waals surface area contributed by atoms with E-state index >= 15 is 0 Å². The Kier molecular flexibility index (Phi) is 18.5. The van der Waals surface area contributed by atoms with Crippen LogP contribution < -0.4 is 0 Å². The highest BCUT2D eigenvalue weighted by atomic mass is 32.1. The van der Waals surface area contributed by atoms with Gasteiger partial charge in [-0.3, -0.25) is 0 Å². The summed E-state index contributed by atoms with van der Waals surface area (Å²) in [5.41, 5.74) is 30.1. The molecule has 634 valence electrons. The van der Waals surface area contributed by atoms with E-state index in [2.05, 4.69) is 446 Å². The number of fused-ring (bicyclic) bond motifs is 21. The molecule has 0 N–H and O–H groups in total. The summed E-state index contributed by atoms with van der Waals surface area (Å²) in [4.78, 5) is 16.0. The second kappa shape index (κ2) is 32.2. The number of hydrogen-bond acceptors (Lipinski definition) is 5. The molecule has 0 fully saturated rings. The Morgan fingerprint density at radius 1 is 0.175 bits per heavy atom. The van der Waals surface area contributed by atoms with Gasteiger partial charge in [0, 0.05) is 59.4 Å². The van der Waals surface area contributed by atoms with Crippen molar-refractivity contribution < 1.29 is 0 Å². The molecule has 0 aliphatic rings. The quantitative estimate of drug-likeness (QED) is 0.102. The van der Waals surface area contributed by atoms with E-state index in [-0.39, 0.29) is 0 Å². The Hall–Kier alpha value is -18.1. The summed E-state index contributed by atoms with van der Waals surface area (Å²) >= 11 is 1.86. The second-order valence-corrected chi connectivity index (χ2v) is 37.0. The molecule has 7 heteroatoms. The van der Waals surface area contributed by atoms with Crippen LogP contribution in [0.4, 0.5) is 0 Å². The van der Waals surface area contributed by atoms with Crippen molar-refractivity contribution in [2.45, 2.75) is 0 Å². The first-order valence-electron chi connectivity index (χ1n) is 46.6. The van der Waals surface area contributed by atoms with Gasteiger partial charge in [-0.15, -0.1) is 11.3 Å². The van der Waals surface area contributed by atoms with Crippen LogP contribution in [0.25, 0.3) is 274 Å². The summed E-state index contributed by atoms with van der Waals surface area (Å²) in [6.45, 7) is 0. The van der Waals surface area contributed by atoms with Crippen LogP contribution >= 0.6 is 11.3 Å². The summed E-state index contributed by atoms with van der Waals surface area (Å²) in [5.74, 6) is 1.77. The minimum atomic E-state index is 0.584. The lowest BCUT2D eigenvalue weighted by Crippen LogP contribution is -2.00. The molecule has 27 aromatic rings. The van der Waals surface area contributed by atoms with Gasteiger partial charge in [-0.25, -0.2) is 15.0 Å². The first-order valence-corrected chi connectivity index (χ1v) is 47.4. The minimum absolute atomic E-state index is 0.584. The lowest BCUT2D eigenvalue weighted by atomic mass is 9.89. The van der Waals surface area contributed by atoms with Crippen molar-refractivity contribution in [2.75, 3.05) is 0 Å². The highest BCUT2D eigenvalue weighted by Gasteiger charge is 2.24. The average Bonchev–Trinajstić information content (AvgIpc) is 1.59. The molecule has 4 heterocycles. The van der Waals surface area contributed by atoms with Gasteiger partial charge in [0.1, 0.15) is 0 Å². The fraction of sp³-hybridized carbons (Fsp3) is 0. The van der Waals surface area contributed by atoms with Gasteiger partial charge in [0.15, 0.2) is 17.5 Å². The Labute approximate surface area is 793 Å². The van der Waals surface area contributed by atoms with Gasteiger partial charge in [0.25, 0.3) is 0 Å². The molecule has 137 heavy (non-hydrogen) atoms. The topological polar surface area (TPSA) is 72.3 Å². The van der Waals surface area contributed by atoms with Gasteiger partial charge in [-0.1, -0.05) is 334 Å². The monoisotopic (exact) mass is 1750 g/mol. The number of rotatable bonds is 14. The molecule has 27 rings (SSSR count). The van der Waals surface area contributed by atoms with Crippen molar-refractivity contribution in [1.82, 2.24) is 24.1 Å². The summed E-state index contributed by atoms with van der Waals surface area (Å²) in [6, 6.07) is 175. The summed E-state index contributed by atoms with van der Waals surface area (Å²) < 4.78 is 7.31. The predicted octanol–water partition coefficient (Wildman–Crippen LogP) is 35.2. The van der Waals surface area contributed by atoms with Crippen molar-refractivity contribution in [3.63, 3.8) is 0 Å². The van der Waals surface area contributed by atoms with Crippen molar-refractivity contribution in [3.8, 4) is 152 Å². The van der Waals surface area contributed by atoms with E-state index < -0.39 is 0 Å². The van der Waals surface area contributed by atoms with Gasteiger partial charge < -0.3 is 9.13 Å². The second-order valence-electron chi connectivity index (χ2n) is 36.0. The number of aromatic nitrogens is 5. The number of nitriles is 1. The maximum absolute atomic E-state index is 9.69. The molecular weight excluding hydrogens is 1680 g/mol. The smallest absolute Gasteiger partial charge is 0.164 e. The molecule has 0 radical (unpaired) electrons. The fourth-order valence-corrected chi connectivity index (χ4v) is 22.7. The zero-order chi connectivity index (χ0) is 90.3. The zero-order valence-electron chi connectivity index (χ0n) is 74.1. The van der Waals surface area contributed by atoms with Crippen LogP contribution in [0, 0.1) is 11.3 Å². The maximum atomic E-state index is 9.69. The number of thiophene rings is 1. The lowest BCUT2D eigenvalue weighted by molar-refractivity contribution is 1.07. The van der Waals surface area contributed by atoms with E-state index in [0.717, 1.165) is 150 Å². The number of hydrogen-bond donors (Lipinski definition) is 0. The molecule has 0 saturated carbocycles. The average molecular weight is 1760 g/mol. The molecule has 0 unspecified atom stereocenters. The minimum Gasteiger partial charge on any atom is -0.309 e. The third-order valence-corrected chi connectivity index (χ3v) is 29.3. The Bertz CT molecular complexity index is 9680. The third kappa shape index (κ3) is 13.5. The molecule has 0 saturated heterocycles. The summed E-state index contributed by atoms with van der Waals surface area (Å²) in [5, 5.41) is 32.0. The maximum Gasteiger partial charge on any atom is 0.164 e. The van der Waals surface area contributed by atoms with Crippen LogP contribution in [0.5, 0.6) is 0 Å². The van der Waals surface area contributed by atoms with Crippen molar-refractivity contribution >= 4 is 140 Å². The molecule has 0 amide bonds. The summed E-state index contributed by atoms with van der Waals surface area (Å²) in [7, 11) is 0. The highest BCUT2D eigenvalue weighted by molar-refractivity contribution is 7.26. The van der Waals surface area contributed by atoms with Crippen LogP contribution in [0.1, 0.15) is 5.56 Å². The van der Waals surface area contributed by atoms with Crippen LogP contribution in [-0.2, 0) is 0 Å². The normalized spacial score (nSPS) is 11.8. The lowest BCUT2D eigenvalue weighted by Gasteiger charge is -2.15. The van der Waals surface area contributed by atoms with Crippen LogP contribution in [0.3, 0.4) is 0 Å². The highest BCUT2D eigenvalue weighted by Crippen LogP contribution is 2.49. The molecule has 0 spiro atoms. The van der Waals surface area contributed by atoms with Gasteiger partial charge in [0.2, 0.25) is 0 Å². The van der Waals surface area contributed by atoms with Crippen molar-refractivity contribution in [3.05, 3.63) is 479 Å². The van der Waals surface area contributed by atoms with Crippen molar-refractivity contribution in [1.29, 1.82) is 5.26 Å².